The second-order valence-corrected chi connectivity index (χ2v) is 15.8. The Morgan fingerprint density at radius 2 is 1.40 bits per heavy atom. The van der Waals surface area contributed by atoms with Gasteiger partial charge < -0.3 is 4.86 Å². The monoisotopic (exact) mass is 734 g/mol. The maximum Gasteiger partial charge on any atom is 1.00 e. The minimum absolute atomic E-state index is 0. The molecule has 2 atom stereocenters. The van der Waals surface area contributed by atoms with Gasteiger partial charge in [0.2, 0.25) is 0 Å². The van der Waals surface area contributed by atoms with Crippen molar-refractivity contribution in [3.05, 3.63) is 136 Å². The molecule has 6 heteroatoms. The summed E-state index contributed by atoms with van der Waals surface area (Å²) < 4.78 is 28.5. The smallest absolute Gasteiger partial charge is 0.603 e. The fourth-order valence-corrected chi connectivity index (χ4v) is 11.1. The zero-order valence-electron chi connectivity index (χ0n) is 27.5. The van der Waals surface area contributed by atoms with E-state index in [4.69, 9.17) is 4.86 Å². The Labute approximate surface area is 287 Å². The quantitative estimate of drug-likeness (QED) is 0.162. The third-order valence-electron chi connectivity index (χ3n) is 8.12. The van der Waals surface area contributed by atoms with Crippen LogP contribution in [0.15, 0.2) is 109 Å². The summed E-state index contributed by atoms with van der Waals surface area (Å²) in [5.41, 5.74) is 6.61. The van der Waals surface area contributed by atoms with Crippen molar-refractivity contribution in [3.8, 4) is 0 Å². The summed E-state index contributed by atoms with van der Waals surface area (Å²) in [6, 6.07) is 22.0. The molecule has 2 fully saturated rings. The molecule has 1 radical (unpaired) electrons. The molecule has 1 aliphatic carbocycles. The normalized spacial score (nSPS) is 19.3. The van der Waals surface area contributed by atoms with Crippen molar-refractivity contribution in [2.45, 2.75) is 91.1 Å². The van der Waals surface area contributed by atoms with Crippen LogP contribution < -0.4 is 10.6 Å². The summed E-state index contributed by atoms with van der Waals surface area (Å²) in [7, 11) is -1.82. The van der Waals surface area contributed by atoms with E-state index in [0.29, 0.717) is 16.3 Å². The molecular weight excluding hydrogens is 683 g/mol. The largest absolute Gasteiger partial charge is 1.00 e. The maximum absolute atomic E-state index is 14.3. The zero-order valence-corrected chi connectivity index (χ0v) is 31.0. The van der Waals surface area contributed by atoms with Crippen LogP contribution in [-0.2, 0) is 32.3 Å². The van der Waals surface area contributed by atoms with Gasteiger partial charge in [-0.05, 0) is 103 Å². The number of hydrogen-bond acceptors (Lipinski definition) is 0. The molecular formula is C39H50F2NP2Ru. The van der Waals surface area contributed by atoms with E-state index >= 15 is 0 Å². The second-order valence-electron chi connectivity index (χ2n) is 11.3. The molecule has 243 valence electrons. The maximum atomic E-state index is 14.3. The van der Waals surface area contributed by atoms with Crippen LogP contribution in [0.5, 0.6) is 0 Å². The van der Waals surface area contributed by atoms with Gasteiger partial charge in [-0.2, -0.15) is 0 Å². The Morgan fingerprint density at radius 3 is 1.89 bits per heavy atom. The van der Waals surface area contributed by atoms with E-state index in [1.165, 1.54) is 85.8 Å². The van der Waals surface area contributed by atoms with Gasteiger partial charge in [0.15, 0.2) is 0 Å². The molecule has 45 heavy (non-hydrogen) atoms. The first-order chi connectivity index (χ1) is 21.4. The van der Waals surface area contributed by atoms with Gasteiger partial charge >= 0.3 is 19.5 Å². The number of nitrogens with zero attached hydrogens (tertiary/aromatic N) is 1. The summed E-state index contributed by atoms with van der Waals surface area (Å²) in [6.07, 6.45) is 18.5. The molecule has 0 aromatic heterocycles. The Balaban J connectivity index is 0.000000259. The van der Waals surface area contributed by atoms with Crippen LogP contribution in [0.4, 0.5) is 8.78 Å². The molecule has 1 aliphatic heterocycles. The Morgan fingerprint density at radius 1 is 0.844 bits per heavy atom. The van der Waals surface area contributed by atoms with Crippen LogP contribution in [0.3, 0.4) is 0 Å². The van der Waals surface area contributed by atoms with Gasteiger partial charge in [0.1, 0.15) is 11.6 Å². The van der Waals surface area contributed by atoms with Crippen molar-refractivity contribution < 1.29 is 28.3 Å². The van der Waals surface area contributed by atoms with Gasteiger partial charge in [-0.1, -0.05) is 125 Å². The van der Waals surface area contributed by atoms with Crippen LogP contribution in [-0.4, -0.2) is 11.8 Å². The summed E-state index contributed by atoms with van der Waals surface area (Å²) in [4.78, 5) is 4.97. The van der Waals surface area contributed by atoms with Gasteiger partial charge in [0.25, 0.3) is 0 Å². The van der Waals surface area contributed by atoms with Crippen molar-refractivity contribution in [2.75, 3.05) is 6.16 Å². The van der Waals surface area contributed by atoms with Crippen LogP contribution in [0.25, 0.3) is 4.86 Å². The number of allylic oxidation sites excluding steroid dienone is 5. The fourth-order valence-electron chi connectivity index (χ4n) is 5.67. The molecule has 2 unspecified atom stereocenters. The topological polar surface area (TPSA) is 14.1 Å². The third-order valence-corrected chi connectivity index (χ3v) is 13.4. The Kier molecular flexibility index (Phi) is 19.1. The van der Waals surface area contributed by atoms with Gasteiger partial charge in [0, 0.05) is 0 Å². The molecule has 1 saturated heterocycles. The van der Waals surface area contributed by atoms with Crippen molar-refractivity contribution in [1.29, 1.82) is 0 Å². The van der Waals surface area contributed by atoms with Crippen molar-refractivity contribution in [3.63, 3.8) is 0 Å². The van der Waals surface area contributed by atoms with Crippen LogP contribution >= 0.6 is 16.1 Å². The van der Waals surface area contributed by atoms with E-state index in [1.54, 1.807) is 36.4 Å². The average Bonchev–Trinajstić information content (AvgIpc) is 3.46. The van der Waals surface area contributed by atoms with E-state index in [9.17, 15) is 8.78 Å². The van der Waals surface area contributed by atoms with E-state index in [-0.39, 0.29) is 31.1 Å². The van der Waals surface area contributed by atoms with Gasteiger partial charge in [0.05, 0.1) is 0 Å². The molecule has 1 heterocycles. The number of halogens is 2. The molecule has 1 nitrogen and oxygen atoms in total. The van der Waals surface area contributed by atoms with Crippen LogP contribution in [0, 0.1) is 11.6 Å². The fraction of sp³-hybridized carbons (Fsp3) is 0.385. The number of aryl methyl sites for hydroxylation is 2. The van der Waals surface area contributed by atoms with Gasteiger partial charge in [-0.3, -0.25) is 0 Å². The van der Waals surface area contributed by atoms with Gasteiger partial charge in [-0.15, -0.1) is 8.07 Å². The molecule has 3 aromatic carbocycles. The Bertz CT molecular complexity index is 1330. The SMILES string of the molecule is C=C/C=C1/CCCC/C1=C/C.CC1CCCP1[N-]P(c1ccccc1F)c1ccccc1F.CCCc1ccccc1CC.[Ru+]. The molecule has 3 aromatic rings. The molecule has 0 N–H and O–H groups in total. The van der Waals surface area contributed by atoms with E-state index in [1.807, 2.05) is 6.08 Å². The summed E-state index contributed by atoms with van der Waals surface area (Å²) in [5, 5.41) is 1.06. The molecule has 0 bridgehead atoms. The molecule has 1 saturated carbocycles. The summed E-state index contributed by atoms with van der Waals surface area (Å²) in [5.74, 6) is -0.579. The number of hydrogen-bond donors (Lipinski definition) is 0. The zero-order chi connectivity index (χ0) is 31.7. The minimum Gasteiger partial charge on any atom is -0.603 e. The molecule has 2 aliphatic rings. The summed E-state index contributed by atoms with van der Waals surface area (Å²) in [6.45, 7) is 12.5. The first-order valence-electron chi connectivity index (χ1n) is 16.2. The number of rotatable bonds is 8. The third kappa shape index (κ3) is 12.4. The predicted octanol–water partition coefficient (Wildman–Crippen LogP) is 12.1. The van der Waals surface area contributed by atoms with E-state index in [2.05, 4.69) is 70.7 Å². The average molecular weight is 734 g/mol. The molecule has 0 spiro atoms. The summed E-state index contributed by atoms with van der Waals surface area (Å²) >= 11 is 0. The Hall–Kier alpha value is -1.82. The minimum atomic E-state index is -1.33. The van der Waals surface area contributed by atoms with Crippen molar-refractivity contribution in [1.82, 2.24) is 0 Å². The van der Waals surface area contributed by atoms with Gasteiger partial charge in [-0.25, -0.2) is 16.9 Å². The first-order valence-corrected chi connectivity index (χ1v) is 19.1. The standard InChI is InChI=1S/C17H18F2NP2.2C11H16.Ru/c1-13-7-6-12-21(13)20-22(16-10-4-2-8-14(16)18)17-11-5-3-9-15(17)19;2*1-3-7-11-9-6-5-8-10(11)4-2;/h2-5,8-11,13H,6-7,12H2,1H3;5-6,8-9H,3-4,7H2,1-2H3;3-4,7H,1,5-6,8-9H2,2H3;/q-1;;;+1/b;;10-4-,11-7-;. The van der Waals surface area contributed by atoms with Crippen LogP contribution in [0.1, 0.15) is 83.8 Å². The van der Waals surface area contributed by atoms with Crippen molar-refractivity contribution in [2.24, 2.45) is 0 Å². The van der Waals surface area contributed by atoms with Crippen molar-refractivity contribution >= 4 is 26.8 Å². The van der Waals surface area contributed by atoms with E-state index < -0.39 is 16.1 Å². The molecule has 5 rings (SSSR count). The second kappa shape index (κ2) is 21.9. The van der Waals surface area contributed by atoms with Crippen LogP contribution in [0.2, 0.25) is 0 Å². The molecule has 0 amide bonds. The number of benzene rings is 3. The van der Waals surface area contributed by atoms with E-state index in [0.717, 1.165) is 12.6 Å². The first kappa shape index (κ1) is 39.4. The predicted molar refractivity (Wildman–Crippen MR) is 193 cm³/mol.